The Morgan fingerprint density at radius 2 is 2.00 bits per heavy atom. The number of rotatable bonds is 3. The van der Waals surface area contributed by atoms with E-state index in [0.29, 0.717) is 6.61 Å². The average Bonchev–Trinajstić information content (AvgIpc) is 2.67. The summed E-state index contributed by atoms with van der Waals surface area (Å²) >= 11 is 0. The molecule has 1 aromatic carbocycles. The number of benzene rings is 1. The molecule has 78 valence electrons. The van der Waals surface area contributed by atoms with Crippen LogP contribution >= 0.6 is 0 Å². The fraction of sp³-hybridized carbons (Fsp3) is 0.250. The second-order valence-electron chi connectivity index (χ2n) is 3.45. The molecular weight excluding hydrogens is 190 g/mol. The molecule has 0 fully saturated rings. The maximum absolute atomic E-state index is 5.04. The number of aromatic nitrogens is 1. The van der Waals surface area contributed by atoms with Gasteiger partial charge in [-0.15, -0.1) is 0 Å². The van der Waals surface area contributed by atoms with Crippen LogP contribution in [0.4, 0.5) is 0 Å². The molecule has 3 heteroatoms. The predicted octanol–water partition coefficient (Wildman–Crippen LogP) is 2.80. The van der Waals surface area contributed by atoms with Gasteiger partial charge in [-0.2, -0.15) is 0 Å². The highest BCUT2D eigenvalue weighted by Gasteiger charge is 2.03. The maximum atomic E-state index is 5.04. The molecule has 0 spiro atoms. The highest BCUT2D eigenvalue weighted by Crippen LogP contribution is 2.19. The third kappa shape index (κ3) is 2.25. The van der Waals surface area contributed by atoms with Gasteiger partial charge >= 0.3 is 0 Å². The van der Waals surface area contributed by atoms with Crippen molar-refractivity contribution in [2.75, 3.05) is 7.11 Å². The van der Waals surface area contributed by atoms with Crippen molar-refractivity contribution < 1.29 is 9.26 Å². The lowest BCUT2D eigenvalue weighted by molar-refractivity contribution is 0.185. The minimum atomic E-state index is 0.637. The molecule has 0 atom stereocenters. The van der Waals surface area contributed by atoms with Crippen LogP contribution in [0.15, 0.2) is 34.9 Å². The Morgan fingerprint density at radius 1 is 1.27 bits per heavy atom. The summed E-state index contributed by atoms with van der Waals surface area (Å²) in [6.45, 7) is 2.52. The maximum Gasteiger partial charge on any atom is 0.134 e. The number of nitrogens with zero attached hydrogens (tertiary/aromatic N) is 1. The van der Waals surface area contributed by atoms with Crippen LogP contribution in [-0.2, 0) is 11.3 Å². The van der Waals surface area contributed by atoms with Crippen molar-refractivity contribution >= 4 is 0 Å². The first-order valence-electron chi connectivity index (χ1n) is 4.81. The Kier molecular flexibility index (Phi) is 2.83. The molecule has 2 rings (SSSR count). The standard InChI is InChI=1S/C12H13NO2/c1-9-7-12(13-15-9)11-5-3-10(4-6-11)8-14-2/h3-7H,8H2,1-2H3. The largest absolute Gasteiger partial charge is 0.380 e. The minimum Gasteiger partial charge on any atom is -0.380 e. The average molecular weight is 203 g/mol. The summed E-state index contributed by atoms with van der Waals surface area (Å²) < 4.78 is 10.1. The Balaban J connectivity index is 2.23. The van der Waals surface area contributed by atoms with Gasteiger partial charge in [0.25, 0.3) is 0 Å². The van der Waals surface area contributed by atoms with E-state index in [9.17, 15) is 0 Å². The summed E-state index contributed by atoms with van der Waals surface area (Å²) in [7, 11) is 1.69. The zero-order valence-corrected chi connectivity index (χ0v) is 8.86. The van der Waals surface area contributed by atoms with Crippen molar-refractivity contribution in [1.82, 2.24) is 5.16 Å². The lowest BCUT2D eigenvalue weighted by atomic mass is 10.1. The topological polar surface area (TPSA) is 35.3 Å². The monoisotopic (exact) mass is 203 g/mol. The van der Waals surface area contributed by atoms with Crippen molar-refractivity contribution in [1.29, 1.82) is 0 Å². The normalized spacial score (nSPS) is 10.5. The fourth-order valence-electron chi connectivity index (χ4n) is 1.44. The van der Waals surface area contributed by atoms with E-state index in [-0.39, 0.29) is 0 Å². The van der Waals surface area contributed by atoms with Gasteiger partial charge in [0.15, 0.2) is 0 Å². The zero-order valence-electron chi connectivity index (χ0n) is 8.86. The third-order valence-corrected chi connectivity index (χ3v) is 2.19. The quantitative estimate of drug-likeness (QED) is 0.769. The summed E-state index contributed by atoms with van der Waals surface area (Å²) in [6.07, 6.45) is 0. The van der Waals surface area contributed by atoms with Crippen LogP contribution in [0.3, 0.4) is 0 Å². The van der Waals surface area contributed by atoms with Gasteiger partial charge in [0.1, 0.15) is 11.5 Å². The smallest absolute Gasteiger partial charge is 0.134 e. The van der Waals surface area contributed by atoms with Crippen molar-refractivity contribution in [3.63, 3.8) is 0 Å². The number of methoxy groups -OCH3 is 1. The first-order valence-corrected chi connectivity index (χ1v) is 4.81. The summed E-state index contributed by atoms with van der Waals surface area (Å²) in [4.78, 5) is 0. The molecule has 0 aliphatic carbocycles. The van der Waals surface area contributed by atoms with Crippen molar-refractivity contribution in [3.8, 4) is 11.3 Å². The molecule has 1 heterocycles. The lowest BCUT2D eigenvalue weighted by Crippen LogP contribution is -1.86. The van der Waals surface area contributed by atoms with Gasteiger partial charge in [-0.1, -0.05) is 29.4 Å². The summed E-state index contributed by atoms with van der Waals surface area (Å²) in [6, 6.07) is 10.0. The summed E-state index contributed by atoms with van der Waals surface area (Å²) in [5.74, 6) is 0.825. The first kappa shape index (κ1) is 9.93. The molecule has 0 amide bonds. The highest BCUT2D eigenvalue weighted by atomic mass is 16.5. The van der Waals surface area contributed by atoms with E-state index in [1.807, 2.05) is 37.3 Å². The van der Waals surface area contributed by atoms with Crippen LogP contribution in [0.2, 0.25) is 0 Å². The highest BCUT2D eigenvalue weighted by molar-refractivity contribution is 5.58. The summed E-state index contributed by atoms with van der Waals surface area (Å²) in [5, 5.41) is 3.96. The van der Waals surface area contributed by atoms with Gasteiger partial charge in [0.2, 0.25) is 0 Å². The van der Waals surface area contributed by atoms with E-state index in [1.54, 1.807) is 7.11 Å². The van der Waals surface area contributed by atoms with Crippen molar-refractivity contribution in [2.45, 2.75) is 13.5 Å². The van der Waals surface area contributed by atoms with E-state index in [1.165, 1.54) is 0 Å². The Hall–Kier alpha value is -1.61. The zero-order chi connectivity index (χ0) is 10.7. The van der Waals surface area contributed by atoms with Crippen LogP contribution in [0.25, 0.3) is 11.3 Å². The molecule has 0 radical (unpaired) electrons. The molecule has 0 aliphatic heterocycles. The van der Waals surface area contributed by atoms with Crippen LogP contribution in [0.5, 0.6) is 0 Å². The number of aryl methyl sites for hydroxylation is 1. The van der Waals surface area contributed by atoms with E-state index in [4.69, 9.17) is 9.26 Å². The van der Waals surface area contributed by atoms with Crippen LogP contribution in [0, 0.1) is 6.92 Å². The molecular formula is C12H13NO2. The molecule has 0 aliphatic rings. The van der Waals surface area contributed by atoms with Gasteiger partial charge in [-0.25, -0.2) is 0 Å². The molecule has 1 aromatic heterocycles. The second-order valence-corrected chi connectivity index (χ2v) is 3.45. The number of hydrogen-bond donors (Lipinski definition) is 0. The van der Waals surface area contributed by atoms with E-state index < -0.39 is 0 Å². The van der Waals surface area contributed by atoms with Gasteiger partial charge in [-0.3, -0.25) is 0 Å². The number of hydrogen-bond acceptors (Lipinski definition) is 3. The van der Waals surface area contributed by atoms with Gasteiger partial charge < -0.3 is 9.26 Å². The summed E-state index contributed by atoms with van der Waals surface area (Å²) in [5.41, 5.74) is 3.09. The molecule has 0 N–H and O–H groups in total. The molecule has 3 nitrogen and oxygen atoms in total. The Morgan fingerprint density at radius 3 is 2.53 bits per heavy atom. The molecule has 15 heavy (non-hydrogen) atoms. The van der Waals surface area contributed by atoms with Crippen molar-refractivity contribution in [2.24, 2.45) is 0 Å². The lowest BCUT2D eigenvalue weighted by Gasteiger charge is -2.00. The van der Waals surface area contributed by atoms with Crippen molar-refractivity contribution in [3.05, 3.63) is 41.7 Å². The van der Waals surface area contributed by atoms with Gasteiger partial charge in [0.05, 0.1) is 6.61 Å². The van der Waals surface area contributed by atoms with Gasteiger partial charge in [0, 0.05) is 18.7 Å². The first-order chi connectivity index (χ1) is 7.29. The molecule has 2 aromatic rings. The Labute approximate surface area is 88.7 Å². The molecule has 0 unspecified atom stereocenters. The van der Waals surface area contributed by atoms with Crippen LogP contribution < -0.4 is 0 Å². The van der Waals surface area contributed by atoms with Gasteiger partial charge in [-0.05, 0) is 12.5 Å². The third-order valence-electron chi connectivity index (χ3n) is 2.19. The second kappa shape index (κ2) is 4.28. The van der Waals surface area contributed by atoms with E-state index >= 15 is 0 Å². The predicted molar refractivity (Wildman–Crippen MR) is 57.4 cm³/mol. The SMILES string of the molecule is COCc1ccc(-c2cc(C)on2)cc1. The number of ether oxygens (including phenoxy) is 1. The molecule has 0 saturated heterocycles. The molecule has 0 bridgehead atoms. The minimum absolute atomic E-state index is 0.637. The van der Waals surface area contributed by atoms with E-state index in [0.717, 1.165) is 22.6 Å². The van der Waals surface area contributed by atoms with E-state index in [2.05, 4.69) is 5.16 Å². The Bertz CT molecular complexity index is 431. The van der Waals surface area contributed by atoms with Crippen LogP contribution in [-0.4, -0.2) is 12.3 Å². The molecule has 0 saturated carbocycles. The fourth-order valence-corrected chi connectivity index (χ4v) is 1.44. The van der Waals surface area contributed by atoms with Crippen LogP contribution in [0.1, 0.15) is 11.3 Å².